The Morgan fingerprint density at radius 1 is 1.20 bits per heavy atom. The minimum absolute atomic E-state index is 0.0465. The maximum atomic E-state index is 11.8. The third-order valence-electron chi connectivity index (χ3n) is 3.68. The lowest BCUT2D eigenvalue weighted by Gasteiger charge is -2.30. The topological polar surface area (TPSA) is 78.4 Å². The molecule has 0 heterocycles. The molecule has 20 heavy (non-hydrogen) atoms. The molecule has 0 rings (SSSR count). The number of amides is 1. The van der Waals surface area contributed by atoms with Crippen molar-refractivity contribution in [1.82, 2.24) is 10.6 Å². The van der Waals surface area contributed by atoms with Gasteiger partial charge in [-0.1, -0.05) is 27.7 Å². The van der Waals surface area contributed by atoms with Crippen LogP contribution in [0.1, 0.15) is 47.0 Å². The Balaban J connectivity index is 4.20. The summed E-state index contributed by atoms with van der Waals surface area (Å²) < 4.78 is 0. The molecule has 2 unspecified atom stereocenters. The van der Waals surface area contributed by atoms with Crippen molar-refractivity contribution in [2.75, 3.05) is 20.1 Å². The molecule has 0 spiro atoms. The third kappa shape index (κ3) is 8.15. The van der Waals surface area contributed by atoms with Gasteiger partial charge in [-0.25, -0.2) is 0 Å². The van der Waals surface area contributed by atoms with Gasteiger partial charge < -0.3 is 15.7 Å². The minimum Gasteiger partial charge on any atom is -0.481 e. The lowest BCUT2D eigenvalue weighted by molar-refractivity contribution is -0.137. The molecule has 0 fully saturated rings. The van der Waals surface area contributed by atoms with E-state index in [0.29, 0.717) is 25.4 Å². The van der Waals surface area contributed by atoms with Crippen molar-refractivity contribution in [3.05, 3.63) is 0 Å². The standard InChI is InChI=1S/C15H30N2O3/c1-11(10-16-5)14(20)17-9-8-12(15(2,3)4)6-7-13(18)19/h11-12,16H,6-10H2,1-5H3,(H,17,20)(H,18,19). The van der Waals surface area contributed by atoms with Crippen molar-refractivity contribution >= 4 is 11.9 Å². The van der Waals surface area contributed by atoms with Crippen LogP contribution in [-0.2, 0) is 9.59 Å². The summed E-state index contributed by atoms with van der Waals surface area (Å²) in [5.74, 6) is -0.471. The van der Waals surface area contributed by atoms with E-state index in [2.05, 4.69) is 31.4 Å². The first-order chi connectivity index (χ1) is 9.18. The molecule has 0 aliphatic carbocycles. The van der Waals surface area contributed by atoms with Gasteiger partial charge in [0.15, 0.2) is 0 Å². The van der Waals surface area contributed by atoms with Crippen LogP contribution in [0.15, 0.2) is 0 Å². The van der Waals surface area contributed by atoms with Crippen molar-refractivity contribution in [3.8, 4) is 0 Å². The SMILES string of the molecule is CNCC(C)C(=O)NCCC(CCC(=O)O)C(C)(C)C. The van der Waals surface area contributed by atoms with Crippen LogP contribution in [0, 0.1) is 17.3 Å². The zero-order valence-corrected chi connectivity index (χ0v) is 13.5. The van der Waals surface area contributed by atoms with Gasteiger partial charge in [-0.2, -0.15) is 0 Å². The number of nitrogens with one attached hydrogen (secondary N) is 2. The molecule has 1 amide bonds. The van der Waals surface area contributed by atoms with Gasteiger partial charge in [-0.05, 0) is 31.2 Å². The fraction of sp³-hybridized carbons (Fsp3) is 0.867. The third-order valence-corrected chi connectivity index (χ3v) is 3.68. The molecule has 0 saturated carbocycles. The second-order valence-corrected chi connectivity index (χ2v) is 6.53. The number of carboxylic acids is 1. The molecule has 0 saturated heterocycles. The molecule has 5 nitrogen and oxygen atoms in total. The molecule has 3 N–H and O–H groups in total. The lowest BCUT2D eigenvalue weighted by atomic mass is 9.76. The second kappa shape index (κ2) is 8.95. The van der Waals surface area contributed by atoms with Crippen molar-refractivity contribution in [2.45, 2.75) is 47.0 Å². The molecule has 0 aliphatic heterocycles. The quantitative estimate of drug-likeness (QED) is 0.604. The van der Waals surface area contributed by atoms with Crippen LogP contribution in [0.5, 0.6) is 0 Å². The van der Waals surface area contributed by atoms with Crippen molar-refractivity contribution in [1.29, 1.82) is 0 Å². The lowest BCUT2D eigenvalue weighted by Crippen LogP contribution is -2.36. The highest BCUT2D eigenvalue weighted by atomic mass is 16.4. The Labute approximate surface area is 122 Å². The number of hydrogen-bond donors (Lipinski definition) is 3. The Kier molecular flexibility index (Phi) is 8.46. The van der Waals surface area contributed by atoms with Crippen LogP contribution in [-0.4, -0.2) is 37.1 Å². The molecule has 0 bridgehead atoms. The van der Waals surface area contributed by atoms with E-state index in [9.17, 15) is 9.59 Å². The molecule has 5 heteroatoms. The van der Waals surface area contributed by atoms with Crippen molar-refractivity contribution < 1.29 is 14.7 Å². The Morgan fingerprint density at radius 2 is 1.80 bits per heavy atom. The van der Waals surface area contributed by atoms with Gasteiger partial charge in [-0.15, -0.1) is 0 Å². The second-order valence-electron chi connectivity index (χ2n) is 6.53. The summed E-state index contributed by atoms with van der Waals surface area (Å²) in [6.45, 7) is 9.50. The van der Waals surface area contributed by atoms with Crippen LogP contribution < -0.4 is 10.6 Å². The van der Waals surface area contributed by atoms with Gasteiger partial charge in [0, 0.05) is 25.4 Å². The zero-order chi connectivity index (χ0) is 15.8. The monoisotopic (exact) mass is 286 g/mol. The van der Waals surface area contributed by atoms with Gasteiger partial charge in [0.25, 0.3) is 0 Å². The summed E-state index contributed by atoms with van der Waals surface area (Å²) in [6, 6.07) is 0. The predicted octanol–water partition coefficient (Wildman–Crippen LogP) is 1.88. The van der Waals surface area contributed by atoms with E-state index >= 15 is 0 Å². The number of rotatable bonds is 9. The first-order valence-corrected chi connectivity index (χ1v) is 7.32. The van der Waals surface area contributed by atoms with E-state index < -0.39 is 5.97 Å². The maximum absolute atomic E-state index is 11.8. The van der Waals surface area contributed by atoms with Crippen molar-refractivity contribution in [2.24, 2.45) is 17.3 Å². The van der Waals surface area contributed by atoms with Gasteiger partial charge in [-0.3, -0.25) is 9.59 Å². The zero-order valence-electron chi connectivity index (χ0n) is 13.5. The molecule has 2 atom stereocenters. The maximum Gasteiger partial charge on any atom is 0.303 e. The number of carboxylic acid groups (broad SMARTS) is 1. The largest absolute Gasteiger partial charge is 0.481 e. The van der Waals surface area contributed by atoms with E-state index in [1.54, 1.807) is 0 Å². The van der Waals surface area contributed by atoms with E-state index in [0.717, 1.165) is 6.42 Å². The predicted molar refractivity (Wildman–Crippen MR) is 80.5 cm³/mol. The van der Waals surface area contributed by atoms with Gasteiger partial charge in [0.1, 0.15) is 0 Å². The van der Waals surface area contributed by atoms with E-state index in [1.807, 2.05) is 14.0 Å². The Hall–Kier alpha value is -1.10. The summed E-state index contributed by atoms with van der Waals surface area (Å²) in [7, 11) is 1.82. The van der Waals surface area contributed by atoms with E-state index in [4.69, 9.17) is 5.11 Å². The van der Waals surface area contributed by atoms with Crippen molar-refractivity contribution in [3.63, 3.8) is 0 Å². The number of carbonyl (C=O) groups excluding carboxylic acids is 1. The van der Waals surface area contributed by atoms with E-state index in [-0.39, 0.29) is 23.7 Å². The molecule has 0 aromatic heterocycles. The summed E-state index contributed by atoms with van der Waals surface area (Å²) in [5.41, 5.74) is 0.0523. The number of hydrogen-bond acceptors (Lipinski definition) is 3. The Bertz CT molecular complexity index is 311. The summed E-state index contributed by atoms with van der Waals surface area (Å²) in [4.78, 5) is 22.5. The van der Waals surface area contributed by atoms with Crippen LogP contribution >= 0.6 is 0 Å². The molecular formula is C15H30N2O3. The molecule has 0 aliphatic rings. The average Bonchev–Trinajstić information content (AvgIpc) is 2.31. The summed E-state index contributed by atoms with van der Waals surface area (Å²) in [5, 5.41) is 14.7. The molecule has 0 radical (unpaired) electrons. The number of carbonyl (C=O) groups is 2. The highest BCUT2D eigenvalue weighted by Gasteiger charge is 2.25. The average molecular weight is 286 g/mol. The molecule has 118 valence electrons. The van der Waals surface area contributed by atoms with E-state index in [1.165, 1.54) is 0 Å². The minimum atomic E-state index is -0.758. The highest BCUT2D eigenvalue weighted by molar-refractivity contribution is 5.78. The first-order valence-electron chi connectivity index (χ1n) is 7.32. The van der Waals surface area contributed by atoms with Crippen LogP contribution in [0.3, 0.4) is 0 Å². The van der Waals surface area contributed by atoms with Crippen LogP contribution in [0.25, 0.3) is 0 Å². The van der Waals surface area contributed by atoms with Crippen LogP contribution in [0.4, 0.5) is 0 Å². The van der Waals surface area contributed by atoms with Gasteiger partial charge in [0.05, 0.1) is 0 Å². The first kappa shape index (κ1) is 18.9. The molecule has 0 aromatic carbocycles. The summed E-state index contributed by atoms with van der Waals surface area (Å²) >= 11 is 0. The Morgan fingerprint density at radius 3 is 2.25 bits per heavy atom. The fourth-order valence-electron chi connectivity index (χ4n) is 2.25. The van der Waals surface area contributed by atoms with Crippen LogP contribution in [0.2, 0.25) is 0 Å². The molecular weight excluding hydrogens is 256 g/mol. The highest BCUT2D eigenvalue weighted by Crippen LogP contribution is 2.32. The normalized spacial score (nSPS) is 14.7. The number of aliphatic carboxylic acids is 1. The summed E-state index contributed by atoms with van der Waals surface area (Å²) in [6.07, 6.45) is 1.65. The van der Waals surface area contributed by atoms with Gasteiger partial charge in [0.2, 0.25) is 5.91 Å². The fourth-order valence-corrected chi connectivity index (χ4v) is 2.25. The van der Waals surface area contributed by atoms with Gasteiger partial charge >= 0.3 is 5.97 Å². The smallest absolute Gasteiger partial charge is 0.303 e. The molecule has 0 aromatic rings.